The number of urea groups is 1. The Labute approximate surface area is 203 Å². The minimum absolute atomic E-state index is 0.335. The molecule has 1 fully saturated rings. The number of nitrogens with one attached hydrogen (secondary N) is 2. The van der Waals surface area contributed by atoms with E-state index >= 15 is 0 Å². The first-order valence-corrected chi connectivity index (χ1v) is 11.4. The number of pyridine rings is 1. The predicted octanol–water partition coefficient (Wildman–Crippen LogP) is 5.02. The highest BCUT2D eigenvalue weighted by Crippen LogP contribution is 2.35. The van der Waals surface area contributed by atoms with Gasteiger partial charge in [-0.25, -0.2) is 4.79 Å². The second-order valence-corrected chi connectivity index (χ2v) is 8.70. The fourth-order valence-corrected chi connectivity index (χ4v) is 4.07. The van der Waals surface area contributed by atoms with Crippen molar-refractivity contribution in [2.75, 3.05) is 39.1 Å². The summed E-state index contributed by atoms with van der Waals surface area (Å²) in [5.41, 5.74) is 1.56. The highest BCUT2D eigenvalue weighted by atomic mass is 35.5. The minimum atomic E-state index is -0.367. The van der Waals surface area contributed by atoms with Crippen molar-refractivity contribution >= 4 is 34.2 Å². The smallest absolute Gasteiger partial charge is 0.319 e. The zero-order valence-electron chi connectivity index (χ0n) is 19.1. The SMILES string of the molecule is CNC(=O)Nc1ccc(Oc2ccnc3cc(OCC4CCN(C)CC4)c(C#N)cc23)cc1Cl. The molecule has 2 heterocycles. The van der Waals surface area contributed by atoms with Gasteiger partial charge in [-0.1, -0.05) is 11.6 Å². The van der Waals surface area contributed by atoms with Gasteiger partial charge in [0.1, 0.15) is 23.3 Å². The van der Waals surface area contributed by atoms with E-state index in [9.17, 15) is 10.1 Å². The van der Waals surface area contributed by atoms with Gasteiger partial charge in [-0.15, -0.1) is 0 Å². The number of carbonyl (C=O) groups excluding carboxylic acids is 1. The number of piperidine rings is 1. The number of carbonyl (C=O) groups is 1. The van der Waals surface area contributed by atoms with Crippen LogP contribution in [0.3, 0.4) is 0 Å². The topological polar surface area (TPSA) is 99.5 Å². The summed E-state index contributed by atoms with van der Waals surface area (Å²) >= 11 is 6.29. The maximum atomic E-state index is 11.5. The Kier molecular flexibility index (Phi) is 7.36. The van der Waals surface area contributed by atoms with Gasteiger partial charge in [0.15, 0.2) is 0 Å². The Morgan fingerprint density at radius 2 is 2.03 bits per heavy atom. The standard InChI is InChI=1S/C25H26ClN5O3/c1-28-25(32)30-21-4-3-18(12-20(21)26)34-23-5-8-29-22-13-24(17(14-27)11-19(22)23)33-15-16-6-9-31(2)10-7-16/h3-5,8,11-13,16H,6-7,9-10,15H2,1-2H3,(H2,28,30,32). The molecule has 2 N–H and O–H groups in total. The van der Waals surface area contributed by atoms with Crippen LogP contribution in [0.15, 0.2) is 42.6 Å². The number of fused-ring (bicyclic) bond motifs is 1. The van der Waals surface area contributed by atoms with Crippen LogP contribution in [0.1, 0.15) is 18.4 Å². The lowest BCUT2D eigenvalue weighted by atomic mass is 9.98. The van der Waals surface area contributed by atoms with E-state index in [0.29, 0.717) is 56.9 Å². The van der Waals surface area contributed by atoms with Crippen LogP contribution in [-0.4, -0.2) is 49.7 Å². The second kappa shape index (κ2) is 10.6. The molecule has 2 amide bonds. The Hall–Kier alpha value is -3.54. The normalized spacial score (nSPS) is 14.4. The largest absolute Gasteiger partial charge is 0.492 e. The van der Waals surface area contributed by atoms with Gasteiger partial charge in [0, 0.05) is 30.8 Å². The average Bonchev–Trinajstić information content (AvgIpc) is 2.85. The van der Waals surface area contributed by atoms with Crippen LogP contribution in [0.4, 0.5) is 10.5 Å². The molecule has 0 unspecified atom stereocenters. The summed E-state index contributed by atoms with van der Waals surface area (Å²) in [5.74, 6) is 2.03. The van der Waals surface area contributed by atoms with Gasteiger partial charge in [-0.05, 0) is 63.2 Å². The molecule has 2 aromatic carbocycles. The lowest BCUT2D eigenvalue weighted by Crippen LogP contribution is -2.32. The van der Waals surface area contributed by atoms with Crippen LogP contribution in [0.2, 0.25) is 5.02 Å². The summed E-state index contributed by atoms with van der Waals surface area (Å²) in [4.78, 5) is 18.3. The molecule has 0 saturated carbocycles. The highest BCUT2D eigenvalue weighted by molar-refractivity contribution is 6.33. The summed E-state index contributed by atoms with van der Waals surface area (Å²) in [7, 11) is 3.65. The molecule has 1 aliphatic rings. The molecule has 0 aliphatic carbocycles. The van der Waals surface area contributed by atoms with E-state index in [1.165, 1.54) is 7.05 Å². The van der Waals surface area contributed by atoms with E-state index in [1.807, 2.05) is 0 Å². The number of hydrogen-bond acceptors (Lipinski definition) is 6. The van der Waals surface area contributed by atoms with Gasteiger partial charge < -0.3 is 25.0 Å². The Morgan fingerprint density at radius 3 is 2.74 bits per heavy atom. The minimum Gasteiger partial charge on any atom is -0.492 e. The van der Waals surface area contributed by atoms with Crippen LogP contribution in [-0.2, 0) is 0 Å². The average molecular weight is 480 g/mol. The third-order valence-electron chi connectivity index (χ3n) is 5.88. The maximum Gasteiger partial charge on any atom is 0.319 e. The fourth-order valence-electron chi connectivity index (χ4n) is 3.85. The summed E-state index contributed by atoms with van der Waals surface area (Å²) in [6.45, 7) is 2.71. The zero-order chi connectivity index (χ0) is 24.1. The van der Waals surface area contributed by atoms with E-state index in [4.69, 9.17) is 21.1 Å². The van der Waals surface area contributed by atoms with Crippen molar-refractivity contribution in [3.63, 3.8) is 0 Å². The van der Waals surface area contributed by atoms with Crippen LogP contribution in [0.25, 0.3) is 10.9 Å². The molecular weight excluding hydrogens is 454 g/mol. The Balaban J connectivity index is 1.54. The molecule has 34 heavy (non-hydrogen) atoms. The Bertz CT molecular complexity index is 1240. The van der Waals surface area contributed by atoms with Crippen LogP contribution in [0, 0.1) is 17.2 Å². The van der Waals surface area contributed by atoms with Crippen LogP contribution >= 0.6 is 11.6 Å². The summed E-state index contributed by atoms with van der Waals surface area (Å²) in [6.07, 6.45) is 3.82. The van der Waals surface area contributed by atoms with Crippen LogP contribution in [0.5, 0.6) is 17.2 Å². The number of likely N-dealkylation sites (tertiary alicyclic amines) is 1. The third kappa shape index (κ3) is 5.50. The first-order chi connectivity index (χ1) is 16.5. The number of hydrogen-bond donors (Lipinski definition) is 2. The molecule has 0 atom stereocenters. The number of anilines is 1. The molecule has 1 aromatic heterocycles. The van der Waals surface area contributed by atoms with E-state index in [2.05, 4.69) is 33.6 Å². The van der Waals surface area contributed by atoms with Crippen molar-refractivity contribution < 1.29 is 14.3 Å². The molecule has 0 radical (unpaired) electrons. The first kappa shape index (κ1) is 23.6. The lowest BCUT2D eigenvalue weighted by molar-refractivity contribution is 0.160. The molecule has 0 bridgehead atoms. The maximum absolute atomic E-state index is 11.5. The molecule has 176 valence electrons. The number of halogens is 1. The number of ether oxygens (including phenoxy) is 2. The van der Waals surface area contributed by atoms with Crippen LogP contribution < -0.4 is 20.1 Å². The van der Waals surface area contributed by atoms with Gasteiger partial charge in [-0.2, -0.15) is 5.26 Å². The number of amides is 2. The molecule has 3 aromatic rings. The van der Waals surface area contributed by atoms with Crippen molar-refractivity contribution in [1.82, 2.24) is 15.2 Å². The fraction of sp³-hybridized carbons (Fsp3) is 0.320. The number of nitrogens with zero attached hydrogens (tertiary/aromatic N) is 3. The van der Waals surface area contributed by atoms with Crippen molar-refractivity contribution in [2.45, 2.75) is 12.8 Å². The molecule has 1 aliphatic heterocycles. The van der Waals surface area contributed by atoms with Gasteiger partial charge in [0.2, 0.25) is 0 Å². The molecular formula is C25H26ClN5O3. The van der Waals surface area contributed by atoms with Gasteiger partial charge >= 0.3 is 6.03 Å². The van der Waals surface area contributed by atoms with E-state index < -0.39 is 0 Å². The third-order valence-corrected chi connectivity index (χ3v) is 6.19. The molecule has 1 saturated heterocycles. The van der Waals surface area contributed by atoms with Crippen molar-refractivity contribution in [3.8, 4) is 23.3 Å². The zero-order valence-corrected chi connectivity index (χ0v) is 19.9. The molecule has 8 nitrogen and oxygen atoms in total. The number of aromatic nitrogens is 1. The quantitative estimate of drug-likeness (QED) is 0.514. The molecule has 9 heteroatoms. The van der Waals surface area contributed by atoms with Gasteiger partial charge in [-0.3, -0.25) is 4.98 Å². The number of rotatable bonds is 6. The highest BCUT2D eigenvalue weighted by Gasteiger charge is 2.19. The summed E-state index contributed by atoms with van der Waals surface area (Å²) < 4.78 is 12.1. The first-order valence-electron chi connectivity index (χ1n) is 11.1. The van der Waals surface area contributed by atoms with E-state index in [1.54, 1.807) is 42.6 Å². The molecule has 0 spiro atoms. The number of nitriles is 1. The number of benzene rings is 2. The van der Waals surface area contributed by atoms with E-state index in [-0.39, 0.29) is 6.03 Å². The van der Waals surface area contributed by atoms with E-state index in [0.717, 1.165) is 25.9 Å². The van der Waals surface area contributed by atoms with Crippen molar-refractivity contribution in [2.24, 2.45) is 5.92 Å². The summed E-state index contributed by atoms with van der Waals surface area (Å²) in [5, 5.41) is 15.9. The Morgan fingerprint density at radius 1 is 1.24 bits per heavy atom. The van der Waals surface area contributed by atoms with Crippen molar-refractivity contribution in [3.05, 3.63) is 53.2 Å². The predicted molar refractivity (Wildman–Crippen MR) is 132 cm³/mol. The van der Waals surface area contributed by atoms with Gasteiger partial charge in [0.25, 0.3) is 0 Å². The monoisotopic (exact) mass is 479 g/mol. The lowest BCUT2D eigenvalue weighted by Gasteiger charge is -2.28. The second-order valence-electron chi connectivity index (χ2n) is 8.29. The van der Waals surface area contributed by atoms with Crippen molar-refractivity contribution in [1.29, 1.82) is 5.26 Å². The molecule has 4 rings (SSSR count). The summed E-state index contributed by atoms with van der Waals surface area (Å²) in [6, 6.07) is 12.1. The van der Waals surface area contributed by atoms with Gasteiger partial charge in [0.05, 0.1) is 28.4 Å².